The summed E-state index contributed by atoms with van der Waals surface area (Å²) in [7, 11) is 0. The summed E-state index contributed by atoms with van der Waals surface area (Å²) in [5, 5.41) is 13.7. The minimum Gasteiger partial charge on any atom is -0.390 e. The second-order valence-electron chi connectivity index (χ2n) is 4.03. The van der Waals surface area contributed by atoms with Gasteiger partial charge in [-0.05, 0) is 32.3 Å². The fraction of sp³-hybridized carbons (Fsp3) is 0.700. The van der Waals surface area contributed by atoms with Crippen molar-refractivity contribution in [2.75, 3.05) is 0 Å². The Morgan fingerprint density at radius 2 is 2.23 bits per heavy atom. The highest BCUT2D eigenvalue weighted by molar-refractivity contribution is 5.02. The molecule has 0 amide bonds. The lowest BCUT2D eigenvalue weighted by molar-refractivity contribution is 0.0651. The first-order valence-electron chi connectivity index (χ1n) is 4.75. The van der Waals surface area contributed by atoms with Gasteiger partial charge in [0.25, 0.3) is 0 Å². The van der Waals surface area contributed by atoms with E-state index in [4.69, 9.17) is 0 Å². The summed E-state index contributed by atoms with van der Waals surface area (Å²) in [5.41, 5.74) is 0.647. The van der Waals surface area contributed by atoms with Crippen molar-refractivity contribution in [3.63, 3.8) is 0 Å². The predicted octanol–water partition coefficient (Wildman–Crippen LogP) is 1.61. The van der Waals surface area contributed by atoms with Crippen molar-refractivity contribution in [2.45, 2.75) is 45.8 Å². The van der Waals surface area contributed by atoms with Gasteiger partial charge in [-0.15, -0.1) is 0 Å². The maximum Gasteiger partial charge on any atom is 0.0609 e. The quantitative estimate of drug-likeness (QED) is 0.768. The van der Waals surface area contributed by atoms with E-state index in [1.165, 1.54) is 5.56 Å². The molecule has 13 heavy (non-hydrogen) atoms. The molecular formula is C10H18N2O. The Hall–Kier alpha value is -0.830. The average molecular weight is 182 g/mol. The summed E-state index contributed by atoms with van der Waals surface area (Å²) >= 11 is 0. The number of aliphatic hydroxyl groups is 1. The average Bonchev–Trinajstić information content (AvgIpc) is 2.47. The Balaban J connectivity index is 2.46. The van der Waals surface area contributed by atoms with E-state index in [9.17, 15) is 5.11 Å². The van der Waals surface area contributed by atoms with Crippen LogP contribution in [0.25, 0.3) is 0 Å². The predicted molar refractivity (Wildman–Crippen MR) is 52.5 cm³/mol. The third kappa shape index (κ3) is 3.59. The molecule has 0 aromatic carbocycles. The highest BCUT2D eigenvalue weighted by Gasteiger charge is 2.12. The molecule has 1 rings (SSSR count). The third-order valence-corrected chi connectivity index (χ3v) is 2.05. The van der Waals surface area contributed by atoms with Gasteiger partial charge >= 0.3 is 0 Å². The molecule has 0 fully saturated rings. The molecule has 1 aromatic rings. The van der Waals surface area contributed by atoms with Gasteiger partial charge in [-0.1, -0.05) is 6.92 Å². The van der Waals surface area contributed by atoms with Crippen molar-refractivity contribution in [2.24, 2.45) is 0 Å². The maximum absolute atomic E-state index is 9.50. The molecule has 0 bridgehead atoms. The number of hydrogen-bond acceptors (Lipinski definition) is 2. The smallest absolute Gasteiger partial charge is 0.0609 e. The van der Waals surface area contributed by atoms with E-state index in [-0.39, 0.29) is 0 Å². The fourth-order valence-electron chi connectivity index (χ4n) is 1.10. The van der Waals surface area contributed by atoms with E-state index in [0.717, 1.165) is 19.4 Å². The van der Waals surface area contributed by atoms with E-state index in [1.807, 2.05) is 30.9 Å². The lowest BCUT2D eigenvalue weighted by Crippen LogP contribution is -2.21. The van der Waals surface area contributed by atoms with Crippen molar-refractivity contribution < 1.29 is 5.11 Å². The molecular weight excluding hydrogens is 164 g/mol. The Bertz CT molecular complexity index is 260. The van der Waals surface area contributed by atoms with Gasteiger partial charge in [0.15, 0.2) is 0 Å². The maximum atomic E-state index is 9.50. The molecule has 0 unspecified atom stereocenters. The van der Waals surface area contributed by atoms with Crippen LogP contribution >= 0.6 is 0 Å². The fourth-order valence-corrected chi connectivity index (χ4v) is 1.10. The summed E-state index contributed by atoms with van der Waals surface area (Å²) in [6.07, 6.45) is 5.66. The number of aryl methyl sites for hydroxylation is 2. The first-order valence-corrected chi connectivity index (χ1v) is 4.75. The monoisotopic (exact) mass is 182 g/mol. The van der Waals surface area contributed by atoms with Gasteiger partial charge in [0.2, 0.25) is 0 Å². The van der Waals surface area contributed by atoms with Gasteiger partial charge in [-0.2, -0.15) is 5.10 Å². The van der Waals surface area contributed by atoms with Crippen LogP contribution in [0.1, 0.15) is 32.8 Å². The summed E-state index contributed by atoms with van der Waals surface area (Å²) < 4.78 is 1.89. The van der Waals surface area contributed by atoms with Gasteiger partial charge in [-0.3, -0.25) is 4.68 Å². The minimum absolute atomic E-state index is 0.599. The summed E-state index contributed by atoms with van der Waals surface area (Å²) in [5.74, 6) is 0. The molecule has 0 aliphatic rings. The minimum atomic E-state index is -0.599. The first kappa shape index (κ1) is 10.3. The van der Waals surface area contributed by atoms with Gasteiger partial charge in [0.1, 0.15) is 0 Å². The second-order valence-corrected chi connectivity index (χ2v) is 4.03. The normalized spacial score (nSPS) is 12.0. The standard InChI is InChI=1S/C10H18N2O/c1-4-9-7-11-12(8-9)6-5-10(2,3)13/h7-8,13H,4-6H2,1-3H3. The van der Waals surface area contributed by atoms with Crippen molar-refractivity contribution in [1.82, 2.24) is 9.78 Å². The Morgan fingerprint density at radius 1 is 1.54 bits per heavy atom. The SMILES string of the molecule is CCc1cnn(CCC(C)(C)O)c1. The number of nitrogens with zero attached hydrogens (tertiary/aromatic N) is 2. The van der Waals surface area contributed by atoms with E-state index >= 15 is 0 Å². The van der Waals surface area contributed by atoms with Crippen LogP contribution in [0.15, 0.2) is 12.4 Å². The number of hydrogen-bond donors (Lipinski definition) is 1. The van der Waals surface area contributed by atoms with Crippen molar-refractivity contribution in [3.8, 4) is 0 Å². The van der Waals surface area contributed by atoms with Crippen LogP contribution in [0.2, 0.25) is 0 Å². The highest BCUT2D eigenvalue weighted by atomic mass is 16.3. The zero-order valence-corrected chi connectivity index (χ0v) is 8.62. The summed E-state index contributed by atoms with van der Waals surface area (Å²) in [6, 6.07) is 0. The van der Waals surface area contributed by atoms with Crippen molar-refractivity contribution >= 4 is 0 Å². The number of rotatable bonds is 4. The van der Waals surface area contributed by atoms with E-state index in [1.54, 1.807) is 0 Å². The van der Waals surface area contributed by atoms with E-state index in [0.29, 0.717) is 0 Å². The molecule has 74 valence electrons. The Morgan fingerprint density at radius 3 is 2.69 bits per heavy atom. The zero-order valence-electron chi connectivity index (χ0n) is 8.62. The topological polar surface area (TPSA) is 38.0 Å². The lowest BCUT2D eigenvalue weighted by atomic mass is 10.1. The molecule has 1 N–H and O–H groups in total. The van der Waals surface area contributed by atoms with Crippen LogP contribution in [-0.2, 0) is 13.0 Å². The Kier molecular flexibility index (Phi) is 3.09. The highest BCUT2D eigenvalue weighted by Crippen LogP contribution is 2.09. The van der Waals surface area contributed by atoms with Crippen LogP contribution in [-0.4, -0.2) is 20.5 Å². The molecule has 1 aromatic heterocycles. The molecule has 0 saturated carbocycles. The molecule has 0 aliphatic heterocycles. The van der Waals surface area contributed by atoms with Gasteiger partial charge in [-0.25, -0.2) is 0 Å². The van der Waals surface area contributed by atoms with E-state index < -0.39 is 5.60 Å². The van der Waals surface area contributed by atoms with Gasteiger partial charge in [0, 0.05) is 12.7 Å². The van der Waals surface area contributed by atoms with Gasteiger partial charge in [0.05, 0.1) is 11.8 Å². The third-order valence-electron chi connectivity index (χ3n) is 2.05. The second kappa shape index (κ2) is 3.92. The van der Waals surface area contributed by atoms with Crippen LogP contribution in [0.4, 0.5) is 0 Å². The van der Waals surface area contributed by atoms with E-state index in [2.05, 4.69) is 12.0 Å². The van der Waals surface area contributed by atoms with Crippen molar-refractivity contribution in [1.29, 1.82) is 0 Å². The largest absolute Gasteiger partial charge is 0.390 e. The number of aromatic nitrogens is 2. The molecule has 0 spiro atoms. The molecule has 0 saturated heterocycles. The molecule has 3 nitrogen and oxygen atoms in total. The van der Waals surface area contributed by atoms with Crippen LogP contribution in [0.5, 0.6) is 0 Å². The summed E-state index contributed by atoms with van der Waals surface area (Å²) in [4.78, 5) is 0. The van der Waals surface area contributed by atoms with Crippen molar-refractivity contribution in [3.05, 3.63) is 18.0 Å². The molecule has 0 aliphatic carbocycles. The molecule has 0 radical (unpaired) electrons. The molecule has 1 heterocycles. The molecule has 3 heteroatoms. The zero-order chi connectivity index (χ0) is 9.90. The van der Waals surface area contributed by atoms with Crippen LogP contribution < -0.4 is 0 Å². The Labute approximate surface area is 79.4 Å². The van der Waals surface area contributed by atoms with Gasteiger partial charge < -0.3 is 5.11 Å². The molecule has 0 atom stereocenters. The lowest BCUT2D eigenvalue weighted by Gasteiger charge is -2.16. The summed E-state index contributed by atoms with van der Waals surface area (Å²) in [6.45, 7) is 6.52. The first-order chi connectivity index (χ1) is 6.01. The van der Waals surface area contributed by atoms with Crippen LogP contribution in [0.3, 0.4) is 0 Å². The van der Waals surface area contributed by atoms with Crippen LogP contribution in [0, 0.1) is 0 Å².